The van der Waals surface area contributed by atoms with Crippen LogP contribution in [0.25, 0.3) is 5.69 Å². The molecule has 0 radical (unpaired) electrons. The van der Waals surface area contributed by atoms with Gasteiger partial charge in [0.05, 0.1) is 26.1 Å². The maximum atomic E-state index is 12.4. The van der Waals surface area contributed by atoms with Crippen LogP contribution in [0.1, 0.15) is 27.2 Å². The van der Waals surface area contributed by atoms with Gasteiger partial charge in [0.15, 0.2) is 5.69 Å². The number of benzene rings is 2. The summed E-state index contributed by atoms with van der Waals surface area (Å²) in [4.78, 5) is 12.4. The summed E-state index contributed by atoms with van der Waals surface area (Å²) >= 11 is 0. The van der Waals surface area contributed by atoms with E-state index in [1.807, 2.05) is 38.1 Å². The van der Waals surface area contributed by atoms with Gasteiger partial charge < -0.3 is 14.8 Å². The van der Waals surface area contributed by atoms with E-state index in [1.54, 1.807) is 31.2 Å². The minimum Gasteiger partial charge on any atom is -0.497 e. The second kappa shape index (κ2) is 7.90. The Morgan fingerprint density at radius 3 is 2.48 bits per heavy atom. The lowest BCUT2D eigenvalue weighted by atomic mass is 10.1. The molecule has 27 heavy (non-hydrogen) atoms. The van der Waals surface area contributed by atoms with Crippen LogP contribution in [0.15, 0.2) is 42.6 Å². The third-order valence-corrected chi connectivity index (χ3v) is 4.13. The van der Waals surface area contributed by atoms with Crippen molar-refractivity contribution < 1.29 is 14.3 Å². The van der Waals surface area contributed by atoms with Crippen LogP contribution < -0.4 is 14.8 Å². The van der Waals surface area contributed by atoms with Gasteiger partial charge in [-0.1, -0.05) is 11.3 Å². The molecular formula is C20H22N4O3. The third kappa shape index (κ3) is 4.25. The number of nitrogens with zero attached hydrogens (tertiary/aromatic N) is 3. The quantitative estimate of drug-likeness (QED) is 0.726. The van der Waals surface area contributed by atoms with Crippen LogP contribution in [0, 0.1) is 13.8 Å². The summed E-state index contributed by atoms with van der Waals surface area (Å²) in [6.07, 6.45) is 1.62. The predicted molar refractivity (Wildman–Crippen MR) is 102 cm³/mol. The highest BCUT2D eigenvalue weighted by Gasteiger charge is 2.13. The fraction of sp³-hybridized carbons (Fsp3) is 0.250. The van der Waals surface area contributed by atoms with Gasteiger partial charge in [-0.3, -0.25) is 4.79 Å². The fourth-order valence-corrected chi connectivity index (χ4v) is 2.84. The molecule has 3 aromatic rings. The second-order valence-corrected chi connectivity index (χ2v) is 6.25. The first-order valence-electron chi connectivity index (χ1n) is 8.50. The van der Waals surface area contributed by atoms with Crippen molar-refractivity contribution in [1.29, 1.82) is 0 Å². The second-order valence-electron chi connectivity index (χ2n) is 6.25. The molecule has 1 amide bonds. The highest BCUT2D eigenvalue weighted by atomic mass is 16.5. The molecule has 0 saturated heterocycles. The van der Waals surface area contributed by atoms with E-state index < -0.39 is 0 Å². The first kappa shape index (κ1) is 18.4. The van der Waals surface area contributed by atoms with E-state index in [0.29, 0.717) is 18.0 Å². The van der Waals surface area contributed by atoms with E-state index in [1.165, 1.54) is 0 Å². The topological polar surface area (TPSA) is 78.3 Å². The van der Waals surface area contributed by atoms with Gasteiger partial charge in [0.2, 0.25) is 0 Å². The number of nitrogens with one attached hydrogen (secondary N) is 1. The largest absolute Gasteiger partial charge is 0.497 e. The Kier molecular flexibility index (Phi) is 5.40. The van der Waals surface area contributed by atoms with Gasteiger partial charge in [-0.25, -0.2) is 4.68 Å². The zero-order chi connectivity index (χ0) is 19.4. The Morgan fingerprint density at radius 2 is 1.81 bits per heavy atom. The maximum absolute atomic E-state index is 12.4. The van der Waals surface area contributed by atoms with E-state index in [2.05, 4.69) is 21.7 Å². The van der Waals surface area contributed by atoms with Crippen LogP contribution in [-0.2, 0) is 6.54 Å². The molecule has 7 nitrogen and oxygen atoms in total. The summed E-state index contributed by atoms with van der Waals surface area (Å²) < 4.78 is 12.1. The van der Waals surface area contributed by atoms with E-state index in [0.717, 1.165) is 22.4 Å². The molecule has 0 spiro atoms. The first-order chi connectivity index (χ1) is 13.0. The number of carbonyl (C=O) groups excluding carboxylic acids is 1. The Bertz CT molecular complexity index is 945. The number of carbonyl (C=O) groups is 1. The molecule has 0 unspecified atom stereocenters. The van der Waals surface area contributed by atoms with Crippen LogP contribution >= 0.6 is 0 Å². The van der Waals surface area contributed by atoms with Gasteiger partial charge in [-0.15, -0.1) is 5.10 Å². The van der Waals surface area contributed by atoms with Gasteiger partial charge in [0.25, 0.3) is 5.91 Å². The number of methoxy groups -OCH3 is 2. The van der Waals surface area contributed by atoms with Crippen molar-refractivity contribution in [3.63, 3.8) is 0 Å². The summed E-state index contributed by atoms with van der Waals surface area (Å²) in [5, 5.41) is 10.9. The molecule has 7 heteroatoms. The molecule has 1 aromatic heterocycles. The van der Waals surface area contributed by atoms with E-state index in [9.17, 15) is 4.79 Å². The summed E-state index contributed by atoms with van der Waals surface area (Å²) in [6, 6.07) is 11.5. The Hall–Kier alpha value is -3.35. The van der Waals surface area contributed by atoms with Crippen molar-refractivity contribution in [2.45, 2.75) is 20.4 Å². The summed E-state index contributed by atoms with van der Waals surface area (Å²) in [6.45, 7) is 4.34. The van der Waals surface area contributed by atoms with E-state index in [4.69, 9.17) is 9.47 Å². The standard InChI is InChI=1S/C20H22N4O3/c1-13-7-14(2)9-16(8-13)24-12-18(22-23-24)20(25)21-11-15-5-6-17(26-3)10-19(15)27-4/h5-10,12H,11H2,1-4H3,(H,21,25). The molecule has 0 aliphatic carbocycles. The molecule has 0 saturated carbocycles. The highest BCUT2D eigenvalue weighted by molar-refractivity contribution is 5.91. The molecule has 0 bridgehead atoms. The summed E-state index contributed by atoms with van der Waals surface area (Å²) in [5.74, 6) is 1.04. The lowest BCUT2D eigenvalue weighted by Gasteiger charge is -2.10. The van der Waals surface area contributed by atoms with Gasteiger partial charge in [-0.05, 0) is 49.2 Å². The van der Waals surface area contributed by atoms with Crippen molar-refractivity contribution in [3.8, 4) is 17.2 Å². The van der Waals surface area contributed by atoms with E-state index in [-0.39, 0.29) is 11.6 Å². The Labute approximate surface area is 157 Å². The fourth-order valence-electron chi connectivity index (χ4n) is 2.84. The number of hydrogen-bond donors (Lipinski definition) is 1. The normalized spacial score (nSPS) is 10.5. The van der Waals surface area contributed by atoms with Gasteiger partial charge in [-0.2, -0.15) is 0 Å². The van der Waals surface area contributed by atoms with Crippen molar-refractivity contribution in [2.75, 3.05) is 14.2 Å². The Morgan fingerprint density at radius 1 is 1.07 bits per heavy atom. The van der Waals surface area contributed by atoms with Crippen molar-refractivity contribution >= 4 is 5.91 Å². The monoisotopic (exact) mass is 366 g/mol. The average molecular weight is 366 g/mol. The minimum absolute atomic E-state index is 0.252. The summed E-state index contributed by atoms with van der Waals surface area (Å²) in [5.41, 5.74) is 4.21. The number of hydrogen-bond acceptors (Lipinski definition) is 5. The highest BCUT2D eigenvalue weighted by Crippen LogP contribution is 2.24. The van der Waals surface area contributed by atoms with Crippen molar-refractivity contribution in [3.05, 3.63) is 65.0 Å². The molecule has 0 aliphatic rings. The molecule has 1 heterocycles. The number of rotatable bonds is 6. The van der Waals surface area contributed by atoms with Crippen LogP contribution in [-0.4, -0.2) is 35.1 Å². The van der Waals surface area contributed by atoms with Gasteiger partial charge >= 0.3 is 0 Å². The van der Waals surface area contributed by atoms with Gasteiger partial charge in [0.1, 0.15) is 11.5 Å². The molecule has 1 N–H and O–H groups in total. The van der Waals surface area contributed by atoms with Crippen LogP contribution in [0.4, 0.5) is 0 Å². The summed E-state index contributed by atoms with van der Waals surface area (Å²) in [7, 11) is 3.17. The zero-order valence-electron chi connectivity index (χ0n) is 15.8. The lowest BCUT2D eigenvalue weighted by molar-refractivity contribution is 0.0945. The number of amides is 1. The van der Waals surface area contributed by atoms with Crippen molar-refractivity contribution in [1.82, 2.24) is 20.3 Å². The minimum atomic E-state index is -0.302. The molecule has 0 atom stereocenters. The molecular weight excluding hydrogens is 344 g/mol. The SMILES string of the molecule is COc1ccc(CNC(=O)c2cn(-c3cc(C)cc(C)c3)nn2)c(OC)c1. The molecule has 140 valence electrons. The number of aryl methyl sites for hydroxylation is 2. The molecule has 0 aliphatic heterocycles. The predicted octanol–water partition coefficient (Wildman–Crippen LogP) is 2.83. The number of ether oxygens (including phenoxy) is 2. The molecule has 2 aromatic carbocycles. The van der Waals surface area contributed by atoms with Crippen LogP contribution in [0.2, 0.25) is 0 Å². The zero-order valence-corrected chi connectivity index (χ0v) is 15.8. The van der Waals surface area contributed by atoms with Crippen molar-refractivity contribution in [2.24, 2.45) is 0 Å². The third-order valence-electron chi connectivity index (χ3n) is 4.13. The van der Waals surface area contributed by atoms with Crippen LogP contribution in [0.5, 0.6) is 11.5 Å². The van der Waals surface area contributed by atoms with Gasteiger partial charge in [0, 0.05) is 18.2 Å². The number of aromatic nitrogens is 3. The Balaban J connectivity index is 1.71. The maximum Gasteiger partial charge on any atom is 0.273 e. The smallest absolute Gasteiger partial charge is 0.273 e. The first-order valence-corrected chi connectivity index (χ1v) is 8.50. The molecule has 3 rings (SSSR count). The lowest BCUT2D eigenvalue weighted by Crippen LogP contribution is -2.23. The van der Waals surface area contributed by atoms with Crippen LogP contribution in [0.3, 0.4) is 0 Å². The molecule has 0 fully saturated rings. The van der Waals surface area contributed by atoms with E-state index >= 15 is 0 Å². The average Bonchev–Trinajstić information content (AvgIpc) is 3.15.